The molecule has 2 heterocycles. The van der Waals surface area contributed by atoms with E-state index >= 15 is 0 Å². The number of piperidine rings is 1. The molecule has 0 radical (unpaired) electrons. The Labute approximate surface area is 240 Å². The molecule has 1 saturated heterocycles. The predicted octanol–water partition coefficient (Wildman–Crippen LogP) is 6.03. The average Bonchev–Trinajstić information content (AvgIpc) is 3.31. The number of amides is 3. The Morgan fingerprint density at radius 2 is 1.88 bits per heavy atom. The number of nitrogens with zero attached hydrogens (tertiary/aromatic N) is 1. The molecule has 1 aromatic heterocycles. The second-order valence-corrected chi connectivity index (χ2v) is 13.6. The zero-order chi connectivity index (χ0) is 30.3. The van der Waals surface area contributed by atoms with E-state index in [1.54, 1.807) is 20.8 Å². The van der Waals surface area contributed by atoms with Crippen molar-refractivity contribution in [3.05, 3.63) is 40.3 Å². The van der Waals surface area contributed by atoms with E-state index < -0.39 is 61.4 Å². The van der Waals surface area contributed by atoms with Gasteiger partial charge in [0.2, 0.25) is 5.76 Å². The van der Waals surface area contributed by atoms with Gasteiger partial charge in [-0.2, -0.15) is 13.2 Å². The third-order valence-corrected chi connectivity index (χ3v) is 9.44. The summed E-state index contributed by atoms with van der Waals surface area (Å²) in [5, 5.41) is 14.4. The number of carbonyl (C=O) groups is 2. The number of alkyl halides is 3. The van der Waals surface area contributed by atoms with Gasteiger partial charge in [0, 0.05) is 13.1 Å². The number of hydrogen-bond acceptors (Lipinski definition) is 7. The highest BCUT2D eigenvalue weighted by atomic mass is 35.5. The zero-order valence-corrected chi connectivity index (χ0v) is 24.2. The van der Waals surface area contributed by atoms with Crippen LogP contribution >= 0.6 is 11.6 Å². The van der Waals surface area contributed by atoms with E-state index in [9.17, 15) is 36.3 Å². The van der Waals surface area contributed by atoms with Crippen LogP contribution in [-0.2, 0) is 27.2 Å². The second-order valence-electron chi connectivity index (χ2n) is 11.0. The summed E-state index contributed by atoms with van der Waals surface area (Å²) in [4.78, 5) is 26.0. The van der Waals surface area contributed by atoms with Gasteiger partial charge in [0.1, 0.15) is 16.3 Å². The Hall–Kier alpha value is -3.13. The number of aromatic hydroxyl groups is 1. The average molecular weight is 622 g/mol. The van der Waals surface area contributed by atoms with Gasteiger partial charge in [0.15, 0.2) is 15.6 Å². The molecule has 1 aromatic carbocycles. The fraction of sp³-hybridized carbons (Fsp3) is 0.538. The minimum Gasteiger partial charge on any atom is -0.504 e. The highest BCUT2D eigenvalue weighted by Crippen LogP contribution is 2.41. The molecule has 3 amide bonds. The smallest absolute Gasteiger partial charge is 0.449 e. The van der Waals surface area contributed by atoms with Crippen molar-refractivity contribution >= 4 is 39.2 Å². The highest BCUT2D eigenvalue weighted by Gasteiger charge is 2.40. The van der Waals surface area contributed by atoms with Crippen LogP contribution in [0.4, 0.5) is 28.4 Å². The van der Waals surface area contributed by atoms with Crippen LogP contribution < -0.4 is 10.6 Å². The van der Waals surface area contributed by atoms with Crippen LogP contribution in [0.15, 0.2) is 27.5 Å². The third kappa shape index (κ3) is 6.85. The Kier molecular flexibility index (Phi) is 8.47. The molecule has 1 unspecified atom stereocenters. The van der Waals surface area contributed by atoms with Gasteiger partial charge in [-0.3, -0.25) is 0 Å². The molecule has 15 heteroatoms. The van der Waals surface area contributed by atoms with Gasteiger partial charge in [-0.25, -0.2) is 18.0 Å². The lowest BCUT2D eigenvalue weighted by Gasteiger charge is -2.34. The van der Waals surface area contributed by atoms with E-state index in [4.69, 9.17) is 20.8 Å². The van der Waals surface area contributed by atoms with Crippen molar-refractivity contribution in [1.29, 1.82) is 0 Å². The van der Waals surface area contributed by atoms with E-state index in [1.165, 1.54) is 17.0 Å². The molecule has 0 spiro atoms. The number of ether oxygens (including phenoxy) is 1. The fourth-order valence-corrected chi connectivity index (χ4v) is 7.30. The van der Waals surface area contributed by atoms with Gasteiger partial charge >= 0.3 is 18.3 Å². The van der Waals surface area contributed by atoms with Crippen LogP contribution in [0.25, 0.3) is 0 Å². The lowest BCUT2D eigenvalue weighted by atomic mass is 9.94. The number of aryl methyl sites for hydroxylation is 1. The zero-order valence-electron chi connectivity index (χ0n) is 22.6. The van der Waals surface area contributed by atoms with Gasteiger partial charge in [-0.1, -0.05) is 11.6 Å². The van der Waals surface area contributed by atoms with E-state index in [0.717, 1.165) is 6.07 Å². The van der Waals surface area contributed by atoms with Crippen molar-refractivity contribution in [2.45, 2.75) is 80.8 Å². The number of phenolic OH excluding ortho intramolecular Hbond substituents is 1. The van der Waals surface area contributed by atoms with Crippen LogP contribution in [0.2, 0.25) is 5.02 Å². The number of anilines is 1. The van der Waals surface area contributed by atoms with Crippen LogP contribution in [0, 0.1) is 0 Å². The maximum absolute atomic E-state index is 13.6. The maximum atomic E-state index is 13.6. The van der Waals surface area contributed by atoms with E-state index in [1.807, 2.05) is 0 Å². The highest BCUT2D eigenvalue weighted by molar-refractivity contribution is 7.92. The number of likely N-dealkylation sites (tertiary alicyclic amines) is 1. The van der Waals surface area contributed by atoms with Crippen LogP contribution in [0.3, 0.4) is 0 Å². The largest absolute Gasteiger partial charge is 0.504 e. The number of carbonyl (C=O) groups excluding carboxylic acids is 2. The summed E-state index contributed by atoms with van der Waals surface area (Å²) in [7, 11) is -4.29. The molecule has 10 nitrogen and oxygen atoms in total. The molecular formula is C26H31ClF3N3O7S. The Morgan fingerprint density at radius 1 is 1.17 bits per heavy atom. The monoisotopic (exact) mass is 621 g/mol. The third-order valence-electron chi connectivity index (χ3n) is 6.77. The molecular weight excluding hydrogens is 591 g/mol. The molecule has 1 aliphatic carbocycles. The standard InChI is InChI=1S/C26H31ClF3N3O7S/c1-25(2,3)40-24(36)33-11-5-7-15(13-33)41(37,38)22-16(27)9-10-17(20(22)34)31-23(35)32-18-8-4-6-14-12-19(26(28,29)30)39-21(14)18/h9-10,12,15,18,34H,4-8,11,13H2,1-3H3,(H2,31,32,35)/t15-,18?/m0/s1. The first kappa shape index (κ1) is 30.8. The Balaban J connectivity index is 1.52. The summed E-state index contributed by atoms with van der Waals surface area (Å²) < 4.78 is 76.9. The number of phenols is 1. The molecule has 1 fully saturated rings. The molecule has 41 heavy (non-hydrogen) atoms. The number of benzene rings is 1. The fourth-order valence-electron chi connectivity index (χ4n) is 4.92. The van der Waals surface area contributed by atoms with Crippen molar-refractivity contribution in [2.24, 2.45) is 0 Å². The van der Waals surface area contributed by atoms with Gasteiger partial charge in [0.25, 0.3) is 0 Å². The van der Waals surface area contributed by atoms with E-state index in [-0.39, 0.29) is 29.4 Å². The molecule has 0 saturated carbocycles. The summed E-state index contributed by atoms with van der Waals surface area (Å²) in [6.07, 6.45) is -3.59. The number of urea groups is 1. The number of fused-ring (bicyclic) bond motifs is 1. The number of rotatable bonds is 4. The van der Waals surface area contributed by atoms with E-state index in [0.29, 0.717) is 37.8 Å². The van der Waals surface area contributed by atoms with Gasteiger partial charge < -0.3 is 29.8 Å². The summed E-state index contributed by atoms with van der Waals surface area (Å²) in [5.74, 6) is -1.97. The van der Waals surface area contributed by atoms with Crippen LogP contribution in [0.1, 0.15) is 69.6 Å². The summed E-state index contributed by atoms with van der Waals surface area (Å²) >= 11 is 6.20. The molecule has 1 aliphatic heterocycles. The van der Waals surface area contributed by atoms with Gasteiger partial charge in [-0.05, 0) is 76.6 Å². The lowest BCUT2D eigenvalue weighted by molar-refractivity contribution is -0.153. The SMILES string of the molecule is CC(C)(C)OC(=O)N1CCC[C@H](S(=O)(=O)c2c(Cl)ccc(NC(=O)NC3CCCc4cc(C(F)(F)F)oc43)c2O)C1. The maximum Gasteiger partial charge on any atom is 0.449 e. The quantitative estimate of drug-likeness (QED) is 0.354. The van der Waals surface area contributed by atoms with Crippen molar-refractivity contribution in [3.8, 4) is 5.75 Å². The van der Waals surface area contributed by atoms with E-state index in [2.05, 4.69) is 10.6 Å². The first-order valence-corrected chi connectivity index (χ1v) is 14.9. The molecule has 2 atom stereocenters. The topological polar surface area (TPSA) is 138 Å². The first-order chi connectivity index (χ1) is 19.0. The number of nitrogens with one attached hydrogen (secondary N) is 2. The lowest BCUT2D eigenvalue weighted by Crippen LogP contribution is -2.47. The Morgan fingerprint density at radius 3 is 2.54 bits per heavy atom. The van der Waals surface area contributed by atoms with Crippen molar-refractivity contribution in [2.75, 3.05) is 18.4 Å². The summed E-state index contributed by atoms with van der Waals surface area (Å²) in [5.41, 5.74) is -0.719. The molecule has 4 rings (SSSR count). The predicted molar refractivity (Wildman–Crippen MR) is 143 cm³/mol. The van der Waals surface area contributed by atoms with Crippen LogP contribution in [-0.4, -0.2) is 54.5 Å². The summed E-state index contributed by atoms with van der Waals surface area (Å²) in [6, 6.07) is 1.54. The minimum absolute atomic E-state index is 0.00541. The van der Waals surface area contributed by atoms with Crippen molar-refractivity contribution in [3.63, 3.8) is 0 Å². The van der Waals surface area contributed by atoms with Crippen LogP contribution in [0.5, 0.6) is 5.75 Å². The molecule has 0 bridgehead atoms. The number of furan rings is 1. The normalized spacial score (nSPS) is 19.8. The first-order valence-electron chi connectivity index (χ1n) is 13.0. The number of sulfone groups is 1. The summed E-state index contributed by atoms with van der Waals surface area (Å²) in [6.45, 7) is 5.19. The van der Waals surface area contributed by atoms with Crippen molar-refractivity contribution < 1.29 is 45.4 Å². The molecule has 226 valence electrons. The van der Waals surface area contributed by atoms with Crippen molar-refractivity contribution in [1.82, 2.24) is 10.2 Å². The second kappa shape index (κ2) is 11.3. The molecule has 2 aromatic rings. The number of halogens is 4. The Bertz CT molecular complexity index is 1440. The molecule has 2 aliphatic rings. The number of hydrogen-bond donors (Lipinski definition) is 3. The molecule has 3 N–H and O–H groups in total. The minimum atomic E-state index is -4.68. The van der Waals surface area contributed by atoms with Gasteiger partial charge in [-0.15, -0.1) is 0 Å². The van der Waals surface area contributed by atoms with Gasteiger partial charge in [0.05, 0.1) is 22.0 Å².